The molecule has 0 aliphatic rings. The third-order valence-electron chi connectivity index (χ3n) is 5.52. The van der Waals surface area contributed by atoms with E-state index in [2.05, 4.69) is 0 Å². The molecule has 0 spiro atoms. The largest absolute Gasteiger partial charge is 0.505 e. The van der Waals surface area contributed by atoms with E-state index in [-0.39, 0.29) is 11.1 Å². The number of ketones is 2. The molecule has 0 unspecified atom stereocenters. The minimum Gasteiger partial charge on any atom is -0.505 e. The molecule has 0 heterocycles. The van der Waals surface area contributed by atoms with Crippen LogP contribution in [0.5, 0.6) is 28.7 Å². The van der Waals surface area contributed by atoms with E-state index in [1.165, 1.54) is 64.9 Å². The number of hydrogen-bond donors (Lipinski definition) is 1. The van der Waals surface area contributed by atoms with E-state index in [1.807, 2.05) is 0 Å². The van der Waals surface area contributed by atoms with Crippen molar-refractivity contribution in [1.82, 2.24) is 0 Å². The molecule has 38 heavy (non-hydrogen) atoms. The summed E-state index contributed by atoms with van der Waals surface area (Å²) in [6.07, 6.45) is 6.74. The average Bonchev–Trinajstić information content (AvgIpc) is 2.94. The molecule has 0 amide bonds. The summed E-state index contributed by atoms with van der Waals surface area (Å²) < 4.78 is 35.0. The number of ether oxygens (including phenoxy) is 4. The van der Waals surface area contributed by atoms with Gasteiger partial charge in [-0.15, -0.1) is 0 Å². The quantitative estimate of drug-likeness (QED) is 0.203. The van der Waals surface area contributed by atoms with Gasteiger partial charge in [0.05, 0.1) is 34.0 Å². The number of halogens is 1. The first-order chi connectivity index (χ1) is 18.3. The van der Waals surface area contributed by atoms with Crippen molar-refractivity contribution in [3.63, 3.8) is 0 Å². The molecule has 0 saturated heterocycles. The summed E-state index contributed by atoms with van der Waals surface area (Å²) >= 11 is 0. The fraction of sp³-hybridized carbons (Fsp3) is 0.133. The number of aromatic hydroxyl groups is 1. The lowest BCUT2D eigenvalue weighted by atomic mass is 10.00. The second-order valence-electron chi connectivity index (χ2n) is 7.88. The fourth-order valence-corrected chi connectivity index (χ4v) is 3.47. The Morgan fingerprint density at radius 1 is 0.711 bits per heavy atom. The number of benzene rings is 3. The van der Waals surface area contributed by atoms with Crippen molar-refractivity contribution in [3.8, 4) is 28.7 Å². The molecule has 0 fully saturated rings. The monoisotopic (exact) mass is 518 g/mol. The summed E-state index contributed by atoms with van der Waals surface area (Å²) in [6.45, 7) is 0. The van der Waals surface area contributed by atoms with Gasteiger partial charge in [-0.2, -0.15) is 0 Å². The molecule has 0 bridgehead atoms. The maximum Gasteiger partial charge on any atom is 0.189 e. The zero-order valence-corrected chi connectivity index (χ0v) is 21.4. The molecule has 3 aromatic rings. The molecular weight excluding hydrogens is 491 g/mol. The standard InChI is InChI=1S/C30H27FO7/c1-35-22-10-6-20(29(17-22)37-3)8-13-26(32)24(15-19-5-12-28(34)25(31)16-19)27(33)14-9-21-7-11-23(36-2)18-30(21)38-4/h5-18,34H,1-4H3/b13-8+,14-9+. The average molecular weight is 519 g/mol. The number of phenols is 1. The highest BCUT2D eigenvalue weighted by Gasteiger charge is 2.16. The summed E-state index contributed by atoms with van der Waals surface area (Å²) in [4.78, 5) is 26.4. The Hall–Kier alpha value is -4.85. The minimum absolute atomic E-state index is 0.220. The van der Waals surface area contributed by atoms with Crippen LogP contribution in [0.2, 0.25) is 0 Å². The van der Waals surface area contributed by atoms with Gasteiger partial charge in [0.2, 0.25) is 0 Å². The van der Waals surface area contributed by atoms with Crippen LogP contribution in [-0.2, 0) is 9.59 Å². The van der Waals surface area contributed by atoms with E-state index in [0.29, 0.717) is 34.1 Å². The van der Waals surface area contributed by atoms with Crippen molar-refractivity contribution in [3.05, 3.63) is 94.8 Å². The number of methoxy groups -OCH3 is 4. The Labute approximate surface area is 220 Å². The van der Waals surface area contributed by atoms with E-state index >= 15 is 0 Å². The first-order valence-corrected chi connectivity index (χ1v) is 11.4. The van der Waals surface area contributed by atoms with Gasteiger partial charge in [-0.05, 0) is 72.3 Å². The van der Waals surface area contributed by atoms with E-state index in [0.717, 1.165) is 12.1 Å². The summed E-state index contributed by atoms with van der Waals surface area (Å²) in [5.74, 6) is -0.562. The second kappa shape index (κ2) is 12.9. The zero-order valence-electron chi connectivity index (χ0n) is 21.4. The van der Waals surface area contributed by atoms with E-state index in [4.69, 9.17) is 18.9 Å². The molecule has 7 nitrogen and oxygen atoms in total. The Kier molecular flexibility index (Phi) is 9.42. The fourth-order valence-electron chi connectivity index (χ4n) is 3.47. The predicted octanol–water partition coefficient (Wildman–Crippen LogP) is 5.51. The van der Waals surface area contributed by atoms with E-state index in [1.54, 1.807) is 36.4 Å². The number of allylic oxidation sites excluding steroid dienone is 3. The van der Waals surface area contributed by atoms with E-state index in [9.17, 15) is 19.1 Å². The van der Waals surface area contributed by atoms with Gasteiger partial charge in [-0.1, -0.05) is 6.07 Å². The lowest BCUT2D eigenvalue weighted by Gasteiger charge is -2.08. The van der Waals surface area contributed by atoms with Crippen molar-refractivity contribution in [2.24, 2.45) is 0 Å². The summed E-state index contributed by atoms with van der Waals surface area (Å²) in [5.41, 5.74) is 1.18. The van der Waals surface area contributed by atoms with Gasteiger partial charge in [0.1, 0.15) is 23.0 Å². The van der Waals surface area contributed by atoms with Crippen LogP contribution in [0.3, 0.4) is 0 Å². The molecule has 0 radical (unpaired) electrons. The number of carbonyl (C=O) groups is 2. The molecule has 8 heteroatoms. The molecule has 3 rings (SSSR count). The number of rotatable bonds is 11. The van der Waals surface area contributed by atoms with Crippen molar-refractivity contribution in [2.75, 3.05) is 28.4 Å². The first-order valence-electron chi connectivity index (χ1n) is 11.4. The molecule has 0 aliphatic heterocycles. The maximum absolute atomic E-state index is 13.9. The lowest BCUT2D eigenvalue weighted by molar-refractivity contribution is -0.116. The van der Waals surface area contributed by atoms with Crippen LogP contribution in [0.4, 0.5) is 4.39 Å². The smallest absolute Gasteiger partial charge is 0.189 e. The molecule has 0 saturated carbocycles. The Bertz CT molecular complexity index is 1340. The second-order valence-corrected chi connectivity index (χ2v) is 7.88. The van der Waals surface area contributed by atoms with E-state index < -0.39 is 23.1 Å². The van der Waals surface area contributed by atoms with Crippen LogP contribution in [0.1, 0.15) is 16.7 Å². The van der Waals surface area contributed by atoms with Gasteiger partial charge in [0.25, 0.3) is 0 Å². The van der Waals surface area contributed by atoms with Crippen molar-refractivity contribution in [1.29, 1.82) is 0 Å². The first kappa shape index (κ1) is 27.7. The highest BCUT2D eigenvalue weighted by molar-refractivity contribution is 6.31. The topological polar surface area (TPSA) is 91.3 Å². The molecule has 0 atom stereocenters. The lowest BCUT2D eigenvalue weighted by Crippen LogP contribution is -2.08. The Balaban J connectivity index is 1.98. The Morgan fingerprint density at radius 3 is 1.63 bits per heavy atom. The Morgan fingerprint density at radius 2 is 1.21 bits per heavy atom. The number of carbonyl (C=O) groups excluding carboxylic acids is 2. The van der Waals surface area contributed by atoms with Gasteiger partial charge < -0.3 is 24.1 Å². The molecular formula is C30H27FO7. The van der Waals surface area contributed by atoms with Crippen LogP contribution in [0.15, 0.2) is 72.3 Å². The maximum atomic E-state index is 13.9. The van der Waals surface area contributed by atoms with Gasteiger partial charge in [0.15, 0.2) is 23.1 Å². The van der Waals surface area contributed by atoms with Crippen LogP contribution in [0.25, 0.3) is 18.2 Å². The summed E-state index contributed by atoms with van der Waals surface area (Å²) in [5, 5.41) is 9.50. The summed E-state index contributed by atoms with van der Waals surface area (Å²) in [6, 6.07) is 13.7. The van der Waals surface area contributed by atoms with Crippen molar-refractivity contribution in [2.45, 2.75) is 0 Å². The molecule has 3 aromatic carbocycles. The number of hydrogen-bond acceptors (Lipinski definition) is 7. The zero-order chi connectivity index (χ0) is 27.7. The number of phenolic OH excluding ortho intramolecular Hbond substituents is 1. The normalized spacial score (nSPS) is 10.9. The third-order valence-corrected chi connectivity index (χ3v) is 5.52. The minimum atomic E-state index is -0.880. The highest BCUT2D eigenvalue weighted by atomic mass is 19.1. The van der Waals surface area contributed by atoms with Gasteiger partial charge in [0, 0.05) is 23.3 Å². The highest BCUT2D eigenvalue weighted by Crippen LogP contribution is 2.27. The van der Waals surface area contributed by atoms with Crippen molar-refractivity contribution < 1.29 is 38.0 Å². The molecule has 1 N–H and O–H groups in total. The predicted molar refractivity (Wildman–Crippen MR) is 143 cm³/mol. The summed E-state index contributed by atoms with van der Waals surface area (Å²) in [7, 11) is 6.02. The molecule has 196 valence electrons. The van der Waals surface area contributed by atoms with Crippen LogP contribution < -0.4 is 18.9 Å². The molecule has 0 aromatic heterocycles. The molecule has 0 aliphatic carbocycles. The van der Waals surface area contributed by atoms with Crippen LogP contribution in [-0.4, -0.2) is 45.1 Å². The van der Waals surface area contributed by atoms with Crippen LogP contribution in [0, 0.1) is 5.82 Å². The van der Waals surface area contributed by atoms with Crippen molar-refractivity contribution >= 4 is 29.8 Å². The van der Waals surface area contributed by atoms with Gasteiger partial charge in [-0.25, -0.2) is 4.39 Å². The SMILES string of the molecule is COc1ccc(/C=C/C(=O)C(=Cc2ccc(O)c(F)c2)C(=O)/C=C/c2ccc(OC)cc2OC)c(OC)c1. The third kappa shape index (κ3) is 6.88. The van der Waals surface area contributed by atoms with Crippen LogP contribution >= 0.6 is 0 Å². The van der Waals surface area contributed by atoms with Gasteiger partial charge >= 0.3 is 0 Å². The van der Waals surface area contributed by atoms with Gasteiger partial charge in [-0.3, -0.25) is 9.59 Å².